The van der Waals surface area contributed by atoms with Crippen LogP contribution in [0, 0.1) is 0 Å². The van der Waals surface area contributed by atoms with Crippen LogP contribution in [0.15, 0.2) is 178 Å². The Morgan fingerprint density at radius 1 is 0.439 bits per heavy atom. The molecule has 294 valence electrons. The fraction of sp³-hybridized carbons (Fsp3) is 0.205. The molecule has 2 saturated heterocycles. The second-order valence-corrected chi connectivity index (χ2v) is 11.9. The van der Waals surface area contributed by atoms with Crippen molar-refractivity contribution in [2.75, 3.05) is 39.4 Å². The quantitative estimate of drug-likeness (QED) is 0.103. The van der Waals surface area contributed by atoms with Gasteiger partial charge in [0.05, 0.1) is 13.2 Å². The molecule has 11 rings (SSSR count). The fourth-order valence-electron chi connectivity index (χ4n) is 5.09. The highest BCUT2D eigenvalue weighted by atomic mass is 16.5. The molecule has 3 aromatic carbocycles. The van der Waals surface area contributed by atoms with Gasteiger partial charge in [0.15, 0.2) is 0 Å². The lowest BCUT2D eigenvalue weighted by Crippen LogP contribution is -2.30. The molecule has 0 unspecified atom stereocenters. The zero-order valence-electron chi connectivity index (χ0n) is 32.1. The van der Waals surface area contributed by atoms with Crippen LogP contribution in [-0.2, 0) is 4.74 Å². The molecule has 0 spiro atoms. The lowest BCUT2D eigenvalue weighted by atomic mass is 10.2. The molecule has 13 heteroatoms. The molecule has 0 saturated carbocycles. The Morgan fingerprint density at radius 3 is 1.37 bits per heavy atom. The molecule has 9 aromatic rings. The largest absolute Gasteiger partial charge is 0.379 e. The maximum Gasteiger partial charge on any atom is 0.115 e. The highest BCUT2D eigenvalue weighted by molar-refractivity contribution is 6.06. The zero-order valence-corrected chi connectivity index (χ0v) is 32.1. The average molecular weight is 765 g/mol. The molecule has 57 heavy (non-hydrogen) atoms. The molecule has 2 aliphatic rings. The fourth-order valence-corrected chi connectivity index (χ4v) is 5.09. The van der Waals surface area contributed by atoms with Crippen molar-refractivity contribution < 1.29 is 4.74 Å². The minimum atomic E-state index is 0.889. The predicted octanol–water partition coefficient (Wildman–Crippen LogP) is 7.69. The maximum atomic E-state index is 5.01. The highest BCUT2D eigenvalue weighted by Crippen LogP contribution is 2.24. The van der Waals surface area contributed by atoms with Gasteiger partial charge in [-0.2, -0.15) is 15.3 Å². The molecule has 0 aliphatic carbocycles. The minimum absolute atomic E-state index is 0.889. The summed E-state index contributed by atoms with van der Waals surface area (Å²) in [7, 11) is 0. The van der Waals surface area contributed by atoms with Crippen molar-refractivity contribution in [2.45, 2.75) is 19.3 Å². The second kappa shape index (κ2) is 29.7. The Kier molecular flexibility index (Phi) is 22.4. The van der Waals surface area contributed by atoms with Crippen LogP contribution in [0.25, 0.3) is 32.7 Å². The predicted molar refractivity (Wildman–Crippen MR) is 229 cm³/mol. The third-order valence-electron chi connectivity index (χ3n) is 7.77. The number of benzene rings is 3. The Morgan fingerprint density at radius 2 is 1.02 bits per heavy atom. The topological polar surface area (TPSA) is 171 Å². The molecule has 2 fully saturated rings. The van der Waals surface area contributed by atoms with Crippen LogP contribution in [0.5, 0.6) is 0 Å². The van der Waals surface area contributed by atoms with Crippen LogP contribution in [0.2, 0.25) is 0 Å². The summed E-state index contributed by atoms with van der Waals surface area (Å²) >= 11 is 0. The lowest BCUT2D eigenvalue weighted by molar-refractivity contribution is 0.109. The van der Waals surface area contributed by atoms with Crippen LogP contribution < -0.4 is 10.6 Å². The SMILES string of the molecule is C1CCNCC1.C1COCCN1.c1ccc2[nH]ccc2c1.c1ccc2c(c1)[nH]c1ccccc12.c1ccnnc1.c1cn[nH]c1.c1cnccn1.c1cncnc1. The number of para-hydroxylation sites is 3. The van der Waals surface area contributed by atoms with E-state index in [1.165, 1.54) is 71.4 Å². The number of nitrogens with zero attached hydrogens (tertiary/aromatic N) is 7. The summed E-state index contributed by atoms with van der Waals surface area (Å²) in [5.41, 5.74) is 3.63. The maximum absolute atomic E-state index is 5.01. The van der Waals surface area contributed by atoms with Crippen molar-refractivity contribution in [2.24, 2.45) is 0 Å². The van der Waals surface area contributed by atoms with Crippen molar-refractivity contribution in [3.8, 4) is 0 Å². The number of morpholine rings is 1. The number of fused-ring (bicyclic) bond motifs is 4. The Labute approximate surface area is 333 Å². The standard InChI is InChI=1S/C12H9N.C8H7N.C5H11N.3C4H4N2.C4H9NO.C3H4N2/c1-3-7-11-9(5-1)10-6-2-4-8-12(10)13-11;1-2-4-8-7(3-1)5-6-9-8;1-2-4-6-5-3-1;1-2-6-4-3-5-1;1-2-5-4-6-3-1;1-2-4-6-5-3-1;1-3-6-4-2-5-1;1-2-4-5-3-1/h1-8,13H;1-6,9H;6H,1-5H2;3*1-4H;5H,1-4H2;1-3H,(H,4,5). The first-order valence-corrected chi connectivity index (χ1v) is 18.9. The van der Waals surface area contributed by atoms with Gasteiger partial charge in [0.25, 0.3) is 0 Å². The Bertz CT molecular complexity index is 1890. The van der Waals surface area contributed by atoms with E-state index in [0.717, 1.165) is 26.3 Å². The molecule has 0 amide bonds. The van der Waals surface area contributed by atoms with Crippen molar-refractivity contribution in [3.05, 3.63) is 178 Å². The van der Waals surface area contributed by atoms with Crippen molar-refractivity contribution in [1.29, 1.82) is 0 Å². The first-order chi connectivity index (χ1) is 28.4. The molecule has 6 aromatic heterocycles. The summed E-state index contributed by atoms with van der Waals surface area (Å²) in [6, 6.07) is 34.3. The van der Waals surface area contributed by atoms with Crippen molar-refractivity contribution in [1.82, 2.24) is 60.9 Å². The smallest absolute Gasteiger partial charge is 0.115 e. The van der Waals surface area contributed by atoms with Crippen LogP contribution in [0.4, 0.5) is 0 Å². The molecule has 0 bridgehead atoms. The normalized spacial score (nSPS) is 12.4. The average Bonchev–Trinajstić information content (AvgIpc) is 4.14. The monoisotopic (exact) mass is 764 g/mol. The Balaban J connectivity index is 0.000000148. The van der Waals surface area contributed by atoms with Crippen LogP contribution >= 0.6 is 0 Å². The van der Waals surface area contributed by atoms with Gasteiger partial charge in [0.1, 0.15) is 6.33 Å². The highest BCUT2D eigenvalue weighted by Gasteiger charge is 2.00. The number of H-pyrrole nitrogens is 3. The van der Waals surface area contributed by atoms with E-state index in [1.54, 1.807) is 68.0 Å². The van der Waals surface area contributed by atoms with Gasteiger partial charge in [-0.15, -0.1) is 0 Å². The summed E-state index contributed by atoms with van der Waals surface area (Å²) < 4.78 is 5.01. The minimum Gasteiger partial charge on any atom is -0.379 e. The second-order valence-electron chi connectivity index (χ2n) is 11.9. The zero-order chi connectivity index (χ0) is 39.5. The Hall–Kier alpha value is -6.67. The third-order valence-corrected chi connectivity index (χ3v) is 7.77. The molecule has 0 radical (unpaired) electrons. The summed E-state index contributed by atoms with van der Waals surface area (Å²) in [5, 5.41) is 23.6. The molecule has 5 N–H and O–H groups in total. The number of ether oxygens (including phenoxy) is 1. The number of piperidine rings is 1. The molecular formula is C44H52N12O. The van der Waals surface area contributed by atoms with Gasteiger partial charge in [-0.05, 0) is 79.8 Å². The van der Waals surface area contributed by atoms with Gasteiger partial charge < -0.3 is 25.3 Å². The molecular weight excluding hydrogens is 713 g/mol. The first-order valence-electron chi connectivity index (χ1n) is 18.9. The van der Waals surface area contributed by atoms with Gasteiger partial charge in [-0.3, -0.25) is 15.1 Å². The van der Waals surface area contributed by atoms with E-state index in [4.69, 9.17) is 4.74 Å². The van der Waals surface area contributed by atoms with Gasteiger partial charge in [-0.1, -0.05) is 61.0 Å². The summed E-state index contributed by atoms with van der Waals surface area (Å²) in [6.07, 6.45) is 24.3. The van der Waals surface area contributed by atoms with Crippen molar-refractivity contribution in [3.63, 3.8) is 0 Å². The van der Waals surface area contributed by atoms with E-state index < -0.39 is 0 Å². The first kappa shape index (κ1) is 43.1. The van der Waals surface area contributed by atoms with Gasteiger partial charge in [0, 0.05) is 109 Å². The van der Waals surface area contributed by atoms with Gasteiger partial charge >= 0.3 is 0 Å². The van der Waals surface area contributed by atoms with E-state index in [9.17, 15) is 0 Å². The van der Waals surface area contributed by atoms with E-state index in [-0.39, 0.29) is 0 Å². The summed E-state index contributed by atoms with van der Waals surface area (Å²) in [6.45, 7) is 6.33. The third kappa shape index (κ3) is 19.5. The van der Waals surface area contributed by atoms with Crippen LogP contribution in [0.3, 0.4) is 0 Å². The number of nitrogens with one attached hydrogen (secondary N) is 5. The number of hydrogen-bond donors (Lipinski definition) is 5. The van der Waals surface area contributed by atoms with E-state index in [1.807, 2.05) is 36.5 Å². The van der Waals surface area contributed by atoms with Gasteiger partial charge in [-0.25, -0.2) is 9.97 Å². The summed E-state index contributed by atoms with van der Waals surface area (Å²) in [4.78, 5) is 21.3. The van der Waals surface area contributed by atoms with Gasteiger partial charge in [0.2, 0.25) is 0 Å². The van der Waals surface area contributed by atoms with Crippen molar-refractivity contribution >= 4 is 32.7 Å². The number of aromatic nitrogens is 10. The molecule has 0 atom stereocenters. The van der Waals surface area contributed by atoms with E-state index in [2.05, 4.69) is 128 Å². The van der Waals surface area contributed by atoms with E-state index >= 15 is 0 Å². The lowest BCUT2D eigenvalue weighted by Gasteiger charge is -2.10. The number of rotatable bonds is 0. The molecule has 8 heterocycles. The number of aromatic amines is 3. The molecule has 13 nitrogen and oxygen atoms in total. The number of hydrogen-bond acceptors (Lipinski definition) is 10. The summed E-state index contributed by atoms with van der Waals surface area (Å²) in [5.74, 6) is 0. The van der Waals surface area contributed by atoms with Crippen LogP contribution in [-0.4, -0.2) is 89.7 Å². The molecule has 2 aliphatic heterocycles. The van der Waals surface area contributed by atoms with Crippen LogP contribution in [0.1, 0.15) is 19.3 Å². The van der Waals surface area contributed by atoms with E-state index in [0.29, 0.717) is 0 Å².